The second-order valence-corrected chi connectivity index (χ2v) is 8.90. The van der Waals surface area contributed by atoms with Crippen LogP contribution in [0.5, 0.6) is 0 Å². The summed E-state index contributed by atoms with van der Waals surface area (Å²) in [5.41, 5.74) is 3.35. The number of rotatable bonds is 3. The van der Waals surface area contributed by atoms with Gasteiger partial charge in [-0.15, -0.1) is 11.3 Å². The van der Waals surface area contributed by atoms with Gasteiger partial charge in [0.1, 0.15) is 11.2 Å². The molecule has 4 rings (SSSR count). The van der Waals surface area contributed by atoms with Crippen LogP contribution in [0.15, 0.2) is 24.4 Å². The van der Waals surface area contributed by atoms with Crippen LogP contribution in [0.25, 0.3) is 0 Å². The fourth-order valence-electron chi connectivity index (χ4n) is 3.95. The third-order valence-electron chi connectivity index (χ3n) is 6.04. The molecule has 4 nitrogen and oxygen atoms in total. The molecule has 132 valence electrons. The molecule has 2 aromatic heterocycles. The number of aromatic nitrogens is 1. The lowest BCUT2D eigenvalue weighted by Crippen LogP contribution is -2.38. The summed E-state index contributed by atoms with van der Waals surface area (Å²) in [6.45, 7) is 7.03. The van der Waals surface area contributed by atoms with Crippen LogP contribution in [-0.4, -0.2) is 10.9 Å². The number of nitrogens with one attached hydrogen (secondary N) is 2. The molecule has 0 spiro atoms. The van der Waals surface area contributed by atoms with Crippen LogP contribution in [0.1, 0.15) is 66.3 Å². The minimum atomic E-state index is -0.246. The van der Waals surface area contributed by atoms with Gasteiger partial charge in [0.15, 0.2) is 0 Å². The van der Waals surface area contributed by atoms with Crippen LogP contribution in [-0.2, 0) is 12.8 Å². The average molecular weight is 356 g/mol. The maximum absolute atomic E-state index is 12.8. The molecule has 1 aliphatic heterocycles. The van der Waals surface area contributed by atoms with Crippen LogP contribution >= 0.6 is 11.3 Å². The van der Waals surface area contributed by atoms with Gasteiger partial charge in [-0.1, -0.05) is 33.3 Å². The van der Waals surface area contributed by atoms with Crippen molar-refractivity contribution in [1.29, 1.82) is 0 Å². The molecule has 0 aromatic carbocycles. The van der Waals surface area contributed by atoms with Crippen molar-refractivity contribution in [2.45, 2.75) is 52.6 Å². The number of hydrogen-bond donors (Lipinski definition) is 2. The van der Waals surface area contributed by atoms with Crippen molar-refractivity contribution in [1.82, 2.24) is 10.3 Å². The van der Waals surface area contributed by atoms with Crippen molar-refractivity contribution < 1.29 is 4.79 Å². The first-order valence-corrected chi connectivity index (χ1v) is 9.94. The molecule has 0 radical (unpaired) electrons. The number of amides is 1. The molecule has 1 aliphatic carbocycles. The summed E-state index contributed by atoms with van der Waals surface area (Å²) in [6, 6.07) is 5.78. The smallest absolute Gasteiger partial charge is 0.256 e. The Morgan fingerprint density at radius 3 is 2.88 bits per heavy atom. The van der Waals surface area contributed by atoms with Gasteiger partial charge in [-0.2, -0.15) is 0 Å². The van der Waals surface area contributed by atoms with Crippen LogP contribution in [0, 0.1) is 11.3 Å². The van der Waals surface area contributed by atoms with Gasteiger partial charge in [0.25, 0.3) is 5.91 Å². The third-order valence-corrected chi connectivity index (χ3v) is 7.23. The first-order valence-electron chi connectivity index (χ1n) is 9.12. The van der Waals surface area contributed by atoms with Crippen molar-refractivity contribution in [2.24, 2.45) is 11.3 Å². The number of thiophene rings is 1. The standard InChI is InChI=1S/C20H25N3OS/c1-4-20(2,3)12-8-9-13-15(11-12)25-19-16(13)18(24)22-17(23-19)14-7-5-6-10-21-14/h5-7,10,12,17,23H,4,8-9,11H2,1-3H3,(H,22,24)/t12-,17-/m1/s1. The monoisotopic (exact) mass is 355 g/mol. The van der Waals surface area contributed by atoms with Gasteiger partial charge in [-0.25, -0.2) is 0 Å². The van der Waals surface area contributed by atoms with E-state index in [1.807, 2.05) is 18.2 Å². The highest BCUT2D eigenvalue weighted by atomic mass is 32.1. The number of carbonyl (C=O) groups is 1. The first-order chi connectivity index (χ1) is 12.0. The number of carbonyl (C=O) groups excluding carboxylic acids is 1. The second kappa shape index (κ2) is 6.13. The predicted molar refractivity (Wildman–Crippen MR) is 102 cm³/mol. The van der Waals surface area contributed by atoms with Gasteiger partial charge in [-0.05, 0) is 48.3 Å². The van der Waals surface area contributed by atoms with E-state index in [4.69, 9.17) is 0 Å². The van der Waals surface area contributed by atoms with Gasteiger partial charge in [-0.3, -0.25) is 9.78 Å². The molecule has 0 bridgehead atoms. The highest BCUT2D eigenvalue weighted by Crippen LogP contribution is 2.46. The van der Waals surface area contributed by atoms with Gasteiger partial charge >= 0.3 is 0 Å². The largest absolute Gasteiger partial charge is 0.351 e. The lowest BCUT2D eigenvalue weighted by Gasteiger charge is -2.36. The van der Waals surface area contributed by atoms with Crippen molar-refractivity contribution in [3.8, 4) is 0 Å². The normalized spacial score (nSPS) is 22.6. The number of hydrogen-bond acceptors (Lipinski definition) is 4. The van der Waals surface area contributed by atoms with Crippen molar-refractivity contribution in [2.75, 3.05) is 5.32 Å². The second-order valence-electron chi connectivity index (χ2n) is 7.80. The van der Waals surface area contributed by atoms with Gasteiger partial charge in [0.2, 0.25) is 0 Å². The summed E-state index contributed by atoms with van der Waals surface area (Å²) >= 11 is 1.77. The average Bonchev–Trinajstić information content (AvgIpc) is 3.00. The lowest BCUT2D eigenvalue weighted by atomic mass is 9.69. The third kappa shape index (κ3) is 2.84. The SMILES string of the molecule is CCC(C)(C)[C@@H]1CCc2c(sc3c2C(=O)N[C@@H](c2ccccn2)N3)C1. The number of anilines is 1. The molecular weight excluding hydrogens is 330 g/mol. The molecule has 2 atom stereocenters. The van der Waals surface area contributed by atoms with Crippen molar-refractivity contribution >= 4 is 22.2 Å². The molecule has 0 saturated heterocycles. The van der Waals surface area contributed by atoms with Gasteiger partial charge in [0.05, 0.1) is 11.3 Å². The first kappa shape index (κ1) is 16.6. The molecule has 25 heavy (non-hydrogen) atoms. The quantitative estimate of drug-likeness (QED) is 0.850. The van der Waals surface area contributed by atoms with E-state index in [1.165, 1.54) is 23.3 Å². The van der Waals surface area contributed by atoms with Crippen LogP contribution in [0.4, 0.5) is 5.00 Å². The Morgan fingerprint density at radius 1 is 1.32 bits per heavy atom. The molecule has 2 aliphatic rings. The molecule has 0 unspecified atom stereocenters. The summed E-state index contributed by atoms with van der Waals surface area (Å²) in [7, 11) is 0. The van der Waals surface area contributed by atoms with E-state index < -0.39 is 0 Å². The zero-order valence-electron chi connectivity index (χ0n) is 15.1. The van der Waals surface area contributed by atoms with E-state index in [9.17, 15) is 4.79 Å². The molecular formula is C20H25N3OS. The molecule has 0 saturated carbocycles. The summed E-state index contributed by atoms with van der Waals surface area (Å²) in [4.78, 5) is 18.5. The fraction of sp³-hybridized carbons (Fsp3) is 0.500. The lowest BCUT2D eigenvalue weighted by molar-refractivity contribution is 0.0934. The Hall–Kier alpha value is -1.88. The molecule has 0 fully saturated rings. The Labute approximate surface area is 153 Å². The van der Waals surface area contributed by atoms with E-state index in [0.717, 1.165) is 29.1 Å². The zero-order chi connectivity index (χ0) is 17.6. The van der Waals surface area contributed by atoms with Crippen LogP contribution in [0.3, 0.4) is 0 Å². The topological polar surface area (TPSA) is 54.0 Å². The Morgan fingerprint density at radius 2 is 2.16 bits per heavy atom. The summed E-state index contributed by atoms with van der Waals surface area (Å²) in [6.07, 6.45) is 5.99. The van der Waals surface area contributed by atoms with Crippen LogP contribution in [0.2, 0.25) is 0 Å². The number of fused-ring (bicyclic) bond motifs is 3. The highest BCUT2D eigenvalue weighted by molar-refractivity contribution is 7.16. The van der Waals surface area contributed by atoms with Gasteiger partial charge < -0.3 is 10.6 Å². The molecule has 5 heteroatoms. The Kier molecular flexibility index (Phi) is 4.07. The summed E-state index contributed by atoms with van der Waals surface area (Å²) < 4.78 is 0. The maximum atomic E-state index is 12.8. The number of nitrogens with zero attached hydrogens (tertiary/aromatic N) is 1. The minimum Gasteiger partial charge on any atom is -0.351 e. The predicted octanol–water partition coefficient (Wildman–Crippen LogP) is 4.54. The highest BCUT2D eigenvalue weighted by Gasteiger charge is 2.37. The Balaban J connectivity index is 1.64. The number of pyridine rings is 1. The molecule has 2 aromatic rings. The molecule has 1 amide bonds. The summed E-state index contributed by atoms with van der Waals surface area (Å²) in [5, 5.41) is 7.58. The Bertz CT molecular complexity index is 797. The van der Waals surface area contributed by atoms with E-state index in [2.05, 4.69) is 36.4 Å². The molecule has 3 heterocycles. The maximum Gasteiger partial charge on any atom is 0.256 e. The van der Waals surface area contributed by atoms with E-state index in [-0.39, 0.29) is 12.1 Å². The zero-order valence-corrected chi connectivity index (χ0v) is 15.9. The summed E-state index contributed by atoms with van der Waals surface area (Å²) in [5.74, 6) is 0.731. The van der Waals surface area contributed by atoms with E-state index in [0.29, 0.717) is 11.3 Å². The van der Waals surface area contributed by atoms with Crippen LogP contribution < -0.4 is 10.6 Å². The fourth-order valence-corrected chi connectivity index (χ4v) is 5.30. The van der Waals surface area contributed by atoms with E-state index in [1.54, 1.807) is 17.5 Å². The van der Waals surface area contributed by atoms with Crippen molar-refractivity contribution in [3.05, 3.63) is 46.1 Å². The van der Waals surface area contributed by atoms with Gasteiger partial charge in [0, 0.05) is 11.1 Å². The van der Waals surface area contributed by atoms with E-state index >= 15 is 0 Å². The van der Waals surface area contributed by atoms with Crippen molar-refractivity contribution in [3.63, 3.8) is 0 Å². The molecule has 2 N–H and O–H groups in total. The minimum absolute atomic E-state index is 0.0371.